The number of carboxylic acids is 1. The summed E-state index contributed by atoms with van der Waals surface area (Å²) in [6.07, 6.45) is -4.61. The van der Waals surface area contributed by atoms with Crippen LogP contribution in [0.3, 0.4) is 0 Å². The molecule has 1 aliphatic rings. The van der Waals surface area contributed by atoms with E-state index in [1.54, 1.807) is 0 Å². The van der Waals surface area contributed by atoms with E-state index in [2.05, 4.69) is 5.10 Å². The lowest BCUT2D eigenvalue weighted by atomic mass is 10.1. The molecule has 0 bridgehead atoms. The molecule has 0 unspecified atom stereocenters. The van der Waals surface area contributed by atoms with E-state index in [1.807, 2.05) is 0 Å². The zero-order valence-corrected chi connectivity index (χ0v) is 15.0. The second-order valence-corrected chi connectivity index (χ2v) is 6.58. The van der Waals surface area contributed by atoms with Gasteiger partial charge in [-0.25, -0.2) is 9.59 Å². The van der Waals surface area contributed by atoms with E-state index >= 15 is 0 Å². The number of alkyl halides is 3. The first kappa shape index (κ1) is 19.7. The number of amides is 1. The van der Waals surface area contributed by atoms with Crippen molar-refractivity contribution in [3.8, 4) is 0 Å². The van der Waals surface area contributed by atoms with Gasteiger partial charge in [-0.1, -0.05) is 11.6 Å². The fourth-order valence-electron chi connectivity index (χ4n) is 3.07. The van der Waals surface area contributed by atoms with Crippen LogP contribution < -0.4 is 0 Å². The molecule has 0 aliphatic carbocycles. The fourth-order valence-corrected chi connectivity index (χ4v) is 3.07. The maximum Gasteiger partial charge on any atom is 0.416 e. The summed E-state index contributed by atoms with van der Waals surface area (Å²) in [7, 11) is 0. The lowest BCUT2D eigenvalue weighted by Gasteiger charge is -2.19. The number of hydrogen-bond acceptors (Lipinski definition) is 4. The van der Waals surface area contributed by atoms with Gasteiger partial charge in [-0.15, -0.1) is 0 Å². The molecule has 0 saturated heterocycles. The molecule has 10 heteroatoms. The zero-order chi connectivity index (χ0) is 20.5. The van der Waals surface area contributed by atoms with Crippen molar-refractivity contribution in [2.45, 2.75) is 39.2 Å². The molecule has 28 heavy (non-hydrogen) atoms. The predicted octanol–water partition coefficient (Wildman–Crippen LogP) is 3.45. The van der Waals surface area contributed by atoms with Crippen molar-refractivity contribution in [1.82, 2.24) is 14.7 Å². The van der Waals surface area contributed by atoms with Crippen LogP contribution in [-0.2, 0) is 30.6 Å². The molecule has 1 aromatic carbocycles. The van der Waals surface area contributed by atoms with E-state index < -0.39 is 23.8 Å². The van der Waals surface area contributed by atoms with Gasteiger partial charge in [0.05, 0.1) is 17.8 Å². The van der Waals surface area contributed by atoms with Gasteiger partial charge in [0.1, 0.15) is 6.61 Å². The third kappa shape index (κ3) is 4.44. The molecule has 0 fully saturated rings. The minimum absolute atomic E-state index is 0.107. The molecule has 0 spiro atoms. The van der Waals surface area contributed by atoms with E-state index in [9.17, 15) is 22.8 Å². The number of ether oxygens (including phenoxy) is 1. The molecule has 0 saturated carbocycles. The summed E-state index contributed by atoms with van der Waals surface area (Å²) in [5.74, 6) is -1.16. The molecule has 0 atom stereocenters. The summed E-state index contributed by atoms with van der Waals surface area (Å²) in [5.41, 5.74) is 0.319. The van der Waals surface area contributed by atoms with Crippen molar-refractivity contribution in [3.63, 3.8) is 0 Å². The van der Waals surface area contributed by atoms with Gasteiger partial charge < -0.3 is 14.7 Å². The number of hydrogen-bond donors (Lipinski definition) is 1. The Morgan fingerprint density at radius 3 is 2.64 bits per heavy atom. The summed E-state index contributed by atoms with van der Waals surface area (Å²) in [5, 5.41) is 13.0. The van der Waals surface area contributed by atoms with Crippen molar-refractivity contribution in [3.05, 3.63) is 52.3 Å². The Balaban J connectivity index is 1.68. The zero-order valence-electron chi connectivity index (χ0n) is 15.0. The Morgan fingerprint density at radius 2 is 1.96 bits per heavy atom. The molecular weight excluding hydrogens is 379 g/mol. The van der Waals surface area contributed by atoms with E-state index in [1.165, 1.54) is 28.6 Å². The summed E-state index contributed by atoms with van der Waals surface area (Å²) in [4.78, 5) is 24.8. The first-order valence-electron chi connectivity index (χ1n) is 8.53. The largest absolute Gasteiger partial charge is 0.476 e. The lowest BCUT2D eigenvalue weighted by Crippen LogP contribution is -2.31. The summed E-state index contributed by atoms with van der Waals surface area (Å²) < 4.78 is 45.5. The van der Waals surface area contributed by atoms with Crippen LogP contribution in [-0.4, -0.2) is 38.4 Å². The molecule has 1 aliphatic heterocycles. The topological polar surface area (TPSA) is 84.7 Å². The second kappa shape index (κ2) is 7.53. The molecule has 7 nitrogen and oxygen atoms in total. The smallest absolute Gasteiger partial charge is 0.416 e. The third-order valence-electron chi connectivity index (χ3n) is 4.32. The maximum absolute atomic E-state index is 12.9. The number of fused-ring (bicyclic) bond motifs is 1. The van der Waals surface area contributed by atoms with Crippen LogP contribution in [0.5, 0.6) is 0 Å². The highest BCUT2D eigenvalue weighted by atomic mass is 19.4. The van der Waals surface area contributed by atoms with Crippen LogP contribution >= 0.6 is 0 Å². The second-order valence-electron chi connectivity index (χ2n) is 6.58. The summed E-state index contributed by atoms with van der Waals surface area (Å²) in [6.45, 7) is 2.18. The molecule has 2 aromatic rings. The highest BCUT2D eigenvalue weighted by molar-refractivity contribution is 5.85. The highest BCUT2D eigenvalue weighted by Gasteiger charge is 2.31. The molecule has 0 radical (unpaired) electrons. The van der Waals surface area contributed by atoms with Crippen molar-refractivity contribution in [2.24, 2.45) is 0 Å². The van der Waals surface area contributed by atoms with Crippen LogP contribution in [0.25, 0.3) is 0 Å². The van der Waals surface area contributed by atoms with Crippen molar-refractivity contribution >= 4 is 12.1 Å². The fraction of sp³-hybridized carbons (Fsp3) is 0.389. The Labute approximate surface area is 158 Å². The van der Waals surface area contributed by atoms with E-state index in [4.69, 9.17) is 9.84 Å². The molecule has 3 rings (SSSR count). The third-order valence-corrected chi connectivity index (χ3v) is 4.32. The van der Waals surface area contributed by atoms with Gasteiger partial charge >= 0.3 is 18.2 Å². The van der Waals surface area contributed by atoms with Gasteiger partial charge in [0.2, 0.25) is 0 Å². The Kier molecular flexibility index (Phi) is 5.30. The van der Waals surface area contributed by atoms with Gasteiger partial charge in [0.15, 0.2) is 5.69 Å². The van der Waals surface area contributed by atoms with Crippen LogP contribution in [0.2, 0.25) is 0 Å². The standard InChI is InChI=1S/C18H18F3N3O4/c1-11-5-12(7-13(6-11)18(19,20)21)10-28-17(27)23-3-2-4-24-14(9-23)8-15(22-24)16(25)26/h5-8H,2-4,9-10H2,1H3,(H,25,26). The van der Waals surface area contributed by atoms with Crippen molar-refractivity contribution < 1.29 is 32.6 Å². The number of aromatic carboxylic acids is 1. The molecule has 150 valence electrons. The van der Waals surface area contributed by atoms with E-state index in [-0.39, 0.29) is 24.4 Å². The van der Waals surface area contributed by atoms with Gasteiger partial charge in [-0.3, -0.25) is 4.68 Å². The monoisotopic (exact) mass is 397 g/mol. The normalized spacial score (nSPS) is 14.4. The summed E-state index contributed by atoms with van der Waals surface area (Å²) in [6, 6.07) is 4.90. The number of benzene rings is 1. The average molecular weight is 397 g/mol. The van der Waals surface area contributed by atoms with Crippen LogP contribution in [0, 0.1) is 6.92 Å². The minimum Gasteiger partial charge on any atom is -0.476 e. The van der Waals surface area contributed by atoms with Gasteiger partial charge in [-0.2, -0.15) is 18.3 Å². The SMILES string of the molecule is Cc1cc(COC(=O)N2CCCn3nc(C(=O)O)cc3C2)cc(C(F)(F)F)c1. The van der Waals surface area contributed by atoms with Crippen LogP contribution in [0.1, 0.15) is 39.3 Å². The molecular formula is C18H18F3N3O4. The minimum atomic E-state index is -4.48. The van der Waals surface area contributed by atoms with Crippen LogP contribution in [0.4, 0.5) is 18.0 Å². The maximum atomic E-state index is 12.9. The van der Waals surface area contributed by atoms with E-state index in [0.29, 0.717) is 30.8 Å². The first-order chi connectivity index (χ1) is 13.1. The number of carbonyl (C=O) groups excluding carboxylic acids is 1. The number of carbonyl (C=O) groups is 2. The van der Waals surface area contributed by atoms with Crippen molar-refractivity contribution in [2.75, 3.05) is 6.54 Å². The Bertz CT molecular complexity index is 908. The number of aryl methyl sites for hydroxylation is 2. The number of nitrogens with zero attached hydrogens (tertiary/aromatic N) is 3. The number of aromatic nitrogens is 2. The van der Waals surface area contributed by atoms with Gasteiger partial charge in [0.25, 0.3) is 0 Å². The molecule has 1 aromatic heterocycles. The van der Waals surface area contributed by atoms with E-state index in [0.717, 1.165) is 12.1 Å². The van der Waals surface area contributed by atoms with Crippen molar-refractivity contribution in [1.29, 1.82) is 0 Å². The quantitative estimate of drug-likeness (QED) is 0.858. The van der Waals surface area contributed by atoms with Gasteiger partial charge in [0, 0.05) is 13.1 Å². The lowest BCUT2D eigenvalue weighted by molar-refractivity contribution is -0.137. The number of halogens is 3. The highest BCUT2D eigenvalue weighted by Crippen LogP contribution is 2.30. The first-order valence-corrected chi connectivity index (χ1v) is 8.53. The van der Waals surface area contributed by atoms with Gasteiger partial charge in [-0.05, 0) is 37.1 Å². The molecule has 1 N–H and O–H groups in total. The average Bonchev–Trinajstić information content (AvgIpc) is 2.90. The predicted molar refractivity (Wildman–Crippen MR) is 90.6 cm³/mol. The number of carboxylic acid groups (broad SMARTS) is 1. The Morgan fingerprint density at radius 1 is 1.21 bits per heavy atom. The van der Waals surface area contributed by atoms with Crippen LogP contribution in [0.15, 0.2) is 24.3 Å². The number of rotatable bonds is 3. The Hall–Kier alpha value is -3.04. The summed E-state index contributed by atoms with van der Waals surface area (Å²) >= 11 is 0. The molecule has 2 heterocycles. The molecule has 1 amide bonds.